The highest BCUT2D eigenvalue weighted by molar-refractivity contribution is 6.30. The van der Waals surface area contributed by atoms with E-state index in [2.05, 4.69) is 38.2 Å². The van der Waals surface area contributed by atoms with Crippen LogP contribution in [0.5, 0.6) is 0 Å². The van der Waals surface area contributed by atoms with Gasteiger partial charge in [0.25, 0.3) is 0 Å². The van der Waals surface area contributed by atoms with Gasteiger partial charge in [-0.15, -0.1) is 0 Å². The number of halogens is 1. The minimum atomic E-state index is 0.464. The van der Waals surface area contributed by atoms with Crippen LogP contribution < -0.4 is 5.32 Å². The van der Waals surface area contributed by atoms with Crippen molar-refractivity contribution in [3.8, 4) is 0 Å². The Bertz CT molecular complexity index is 354. The van der Waals surface area contributed by atoms with Crippen molar-refractivity contribution >= 4 is 11.6 Å². The number of ether oxygens (including phenoxy) is 1. The van der Waals surface area contributed by atoms with E-state index in [-0.39, 0.29) is 0 Å². The topological polar surface area (TPSA) is 21.3 Å². The third-order valence-electron chi connectivity index (χ3n) is 3.02. The van der Waals surface area contributed by atoms with Crippen LogP contribution in [0.4, 0.5) is 0 Å². The Morgan fingerprint density at radius 3 is 2.74 bits per heavy atom. The highest BCUT2D eigenvalue weighted by Crippen LogP contribution is 2.22. The molecule has 0 aliphatic heterocycles. The Labute approximate surface area is 122 Å². The molecule has 0 radical (unpaired) electrons. The summed E-state index contributed by atoms with van der Waals surface area (Å²) in [5.74, 6) is 1.06. The maximum Gasteiger partial charge on any atom is 0.0488 e. The first kappa shape index (κ1) is 16.5. The Balaban J connectivity index is 2.51. The third kappa shape index (κ3) is 6.95. The molecule has 1 N–H and O–H groups in total. The van der Waals surface area contributed by atoms with Gasteiger partial charge < -0.3 is 10.1 Å². The summed E-state index contributed by atoms with van der Waals surface area (Å²) >= 11 is 6.07. The lowest BCUT2D eigenvalue weighted by atomic mass is 9.96. The molecule has 0 amide bonds. The van der Waals surface area contributed by atoms with E-state index in [1.807, 2.05) is 12.1 Å². The van der Waals surface area contributed by atoms with E-state index in [9.17, 15) is 0 Å². The highest BCUT2D eigenvalue weighted by Gasteiger charge is 2.11. The van der Waals surface area contributed by atoms with Crippen molar-refractivity contribution in [3.05, 3.63) is 34.9 Å². The monoisotopic (exact) mass is 283 g/mol. The SMILES string of the molecule is CCNCC(CCOCC(C)C)c1cccc(Cl)c1. The van der Waals surface area contributed by atoms with Gasteiger partial charge in [0.1, 0.15) is 0 Å². The van der Waals surface area contributed by atoms with E-state index in [1.54, 1.807) is 0 Å². The van der Waals surface area contributed by atoms with Gasteiger partial charge in [0.05, 0.1) is 0 Å². The van der Waals surface area contributed by atoms with Crippen LogP contribution in [0.3, 0.4) is 0 Å². The Morgan fingerprint density at radius 2 is 2.11 bits per heavy atom. The van der Waals surface area contributed by atoms with E-state index in [4.69, 9.17) is 16.3 Å². The molecule has 0 aliphatic carbocycles. The van der Waals surface area contributed by atoms with E-state index in [0.29, 0.717) is 11.8 Å². The quantitative estimate of drug-likeness (QED) is 0.689. The number of nitrogens with one attached hydrogen (secondary N) is 1. The predicted octanol–water partition coefficient (Wildman–Crippen LogP) is 4.10. The first-order valence-electron chi connectivity index (χ1n) is 7.17. The molecule has 0 spiro atoms. The molecule has 1 aromatic carbocycles. The Kier molecular flexibility index (Phi) is 8.11. The zero-order chi connectivity index (χ0) is 14.1. The van der Waals surface area contributed by atoms with Crippen molar-refractivity contribution < 1.29 is 4.74 Å². The summed E-state index contributed by atoms with van der Waals surface area (Å²) < 4.78 is 5.70. The fourth-order valence-electron chi connectivity index (χ4n) is 2.01. The fourth-order valence-corrected chi connectivity index (χ4v) is 2.21. The van der Waals surface area contributed by atoms with Crippen molar-refractivity contribution in [1.82, 2.24) is 5.32 Å². The standard InChI is InChI=1S/C16H26ClNO/c1-4-18-11-15(8-9-19-12-13(2)3)14-6-5-7-16(17)10-14/h5-7,10,13,15,18H,4,8-9,11-12H2,1-3H3. The van der Waals surface area contributed by atoms with Crippen molar-refractivity contribution in [3.63, 3.8) is 0 Å². The molecule has 0 fully saturated rings. The van der Waals surface area contributed by atoms with Gasteiger partial charge in [0, 0.05) is 24.8 Å². The largest absolute Gasteiger partial charge is 0.381 e. The van der Waals surface area contributed by atoms with E-state index >= 15 is 0 Å². The number of hydrogen-bond acceptors (Lipinski definition) is 2. The van der Waals surface area contributed by atoms with E-state index in [0.717, 1.165) is 37.7 Å². The lowest BCUT2D eigenvalue weighted by molar-refractivity contribution is 0.103. The molecule has 1 rings (SSSR count). The van der Waals surface area contributed by atoms with Crippen LogP contribution in [0.2, 0.25) is 5.02 Å². The summed E-state index contributed by atoms with van der Waals surface area (Å²) in [6.45, 7) is 10.1. The third-order valence-corrected chi connectivity index (χ3v) is 3.26. The lowest BCUT2D eigenvalue weighted by Gasteiger charge is -2.18. The first-order valence-corrected chi connectivity index (χ1v) is 7.55. The molecule has 1 unspecified atom stereocenters. The molecule has 1 aromatic rings. The van der Waals surface area contributed by atoms with Gasteiger partial charge in [-0.05, 0) is 42.5 Å². The van der Waals surface area contributed by atoms with Crippen LogP contribution in [-0.2, 0) is 4.74 Å². The molecule has 3 heteroatoms. The maximum absolute atomic E-state index is 6.07. The Morgan fingerprint density at radius 1 is 1.32 bits per heavy atom. The summed E-state index contributed by atoms with van der Waals surface area (Å²) in [6, 6.07) is 8.15. The van der Waals surface area contributed by atoms with Gasteiger partial charge in [0.2, 0.25) is 0 Å². The summed E-state index contributed by atoms with van der Waals surface area (Å²) in [5.41, 5.74) is 1.29. The van der Waals surface area contributed by atoms with Crippen molar-refractivity contribution in [1.29, 1.82) is 0 Å². The zero-order valence-electron chi connectivity index (χ0n) is 12.3. The second kappa shape index (κ2) is 9.35. The molecule has 0 heterocycles. The number of rotatable bonds is 9. The fraction of sp³-hybridized carbons (Fsp3) is 0.625. The van der Waals surface area contributed by atoms with Gasteiger partial charge in [0.15, 0.2) is 0 Å². The second-order valence-electron chi connectivity index (χ2n) is 5.32. The molecular weight excluding hydrogens is 258 g/mol. The molecule has 0 saturated carbocycles. The van der Waals surface area contributed by atoms with Crippen LogP contribution in [0.1, 0.15) is 38.7 Å². The van der Waals surface area contributed by atoms with Crippen LogP contribution in [0.25, 0.3) is 0 Å². The minimum absolute atomic E-state index is 0.464. The summed E-state index contributed by atoms with van der Waals surface area (Å²) in [7, 11) is 0. The van der Waals surface area contributed by atoms with Crippen LogP contribution in [0, 0.1) is 5.92 Å². The molecule has 19 heavy (non-hydrogen) atoms. The number of likely N-dealkylation sites (N-methyl/N-ethyl adjacent to an activating group) is 1. The smallest absolute Gasteiger partial charge is 0.0488 e. The molecule has 0 saturated heterocycles. The van der Waals surface area contributed by atoms with Crippen molar-refractivity contribution in [2.24, 2.45) is 5.92 Å². The van der Waals surface area contributed by atoms with Crippen LogP contribution >= 0.6 is 11.6 Å². The second-order valence-corrected chi connectivity index (χ2v) is 5.75. The molecule has 108 valence electrons. The summed E-state index contributed by atoms with van der Waals surface area (Å²) in [4.78, 5) is 0. The summed E-state index contributed by atoms with van der Waals surface area (Å²) in [6.07, 6.45) is 1.03. The molecule has 1 atom stereocenters. The van der Waals surface area contributed by atoms with E-state index < -0.39 is 0 Å². The average Bonchev–Trinajstić information content (AvgIpc) is 2.37. The normalized spacial score (nSPS) is 12.9. The van der Waals surface area contributed by atoms with Crippen molar-refractivity contribution in [2.75, 3.05) is 26.3 Å². The van der Waals surface area contributed by atoms with E-state index in [1.165, 1.54) is 5.56 Å². The van der Waals surface area contributed by atoms with Gasteiger partial charge >= 0.3 is 0 Å². The molecule has 0 aromatic heterocycles. The van der Waals surface area contributed by atoms with Gasteiger partial charge in [-0.2, -0.15) is 0 Å². The average molecular weight is 284 g/mol. The predicted molar refractivity (Wildman–Crippen MR) is 83.0 cm³/mol. The van der Waals surface area contributed by atoms with Gasteiger partial charge in [-0.1, -0.05) is 44.5 Å². The number of benzene rings is 1. The molecule has 0 aliphatic rings. The lowest BCUT2D eigenvalue weighted by Crippen LogP contribution is -2.22. The van der Waals surface area contributed by atoms with Crippen molar-refractivity contribution in [2.45, 2.75) is 33.1 Å². The molecule has 0 bridgehead atoms. The van der Waals surface area contributed by atoms with Gasteiger partial charge in [-0.3, -0.25) is 0 Å². The molecular formula is C16H26ClNO. The van der Waals surface area contributed by atoms with Crippen LogP contribution in [-0.4, -0.2) is 26.3 Å². The van der Waals surface area contributed by atoms with Crippen LogP contribution in [0.15, 0.2) is 24.3 Å². The molecule has 2 nitrogen and oxygen atoms in total. The number of hydrogen-bond donors (Lipinski definition) is 1. The minimum Gasteiger partial charge on any atom is -0.381 e. The summed E-state index contributed by atoms with van der Waals surface area (Å²) in [5, 5.41) is 4.22. The van der Waals surface area contributed by atoms with Gasteiger partial charge in [-0.25, -0.2) is 0 Å². The zero-order valence-corrected chi connectivity index (χ0v) is 13.0. The first-order chi connectivity index (χ1) is 9.13. The Hall–Kier alpha value is -0.570. The maximum atomic E-state index is 6.07. The highest BCUT2D eigenvalue weighted by atomic mass is 35.5.